The van der Waals surface area contributed by atoms with Crippen molar-refractivity contribution < 1.29 is 17.9 Å². The molecule has 1 aliphatic carbocycles. The third kappa shape index (κ3) is 5.80. The Bertz CT molecular complexity index is 1140. The van der Waals surface area contributed by atoms with Gasteiger partial charge in [0.15, 0.2) is 11.6 Å². The Morgan fingerprint density at radius 1 is 0.857 bits per heavy atom. The zero-order valence-corrected chi connectivity index (χ0v) is 20.3. The minimum absolute atomic E-state index is 0.0782. The molecular weight excluding hydrogens is 445 g/mol. The molecule has 1 fully saturated rings. The molecule has 0 aromatic heterocycles. The highest BCUT2D eigenvalue weighted by Gasteiger charge is 2.24. The summed E-state index contributed by atoms with van der Waals surface area (Å²) < 4.78 is 49.4. The van der Waals surface area contributed by atoms with E-state index in [1.807, 2.05) is 37.3 Å². The fraction of sp³-hybridized carbons (Fsp3) is 0.355. The largest absolute Gasteiger partial charge is 0.490 e. The molecule has 0 radical (unpaired) electrons. The minimum atomic E-state index is -0.979. The normalized spacial score (nSPS) is 17.8. The number of rotatable bonds is 9. The summed E-state index contributed by atoms with van der Waals surface area (Å²) >= 11 is 0. The van der Waals surface area contributed by atoms with Crippen LogP contribution < -0.4 is 4.74 Å². The van der Waals surface area contributed by atoms with Crippen molar-refractivity contribution in [2.45, 2.75) is 57.8 Å². The van der Waals surface area contributed by atoms with Crippen molar-refractivity contribution in [1.29, 1.82) is 0 Å². The van der Waals surface area contributed by atoms with Gasteiger partial charge in [-0.1, -0.05) is 49.4 Å². The van der Waals surface area contributed by atoms with Crippen LogP contribution in [-0.2, 0) is 0 Å². The second kappa shape index (κ2) is 11.6. The Hall–Kier alpha value is -3.01. The Balaban J connectivity index is 1.47. The third-order valence-electron chi connectivity index (χ3n) is 7.10. The van der Waals surface area contributed by atoms with Crippen molar-refractivity contribution in [3.63, 3.8) is 0 Å². The average molecular weight is 479 g/mol. The van der Waals surface area contributed by atoms with Crippen LogP contribution in [-0.4, -0.2) is 6.61 Å². The standard InChI is InChI=1S/C31H33F3O/c1-3-5-6-21-7-9-23(10-8-21)26-16-15-25(20-28(26)32)22-11-13-24(14-12-22)27-17-18-29(35-19-4-2)31(34)30(27)33/h3,11-18,20-21,23H,1,4-10,19H2,2H3. The summed E-state index contributed by atoms with van der Waals surface area (Å²) in [6, 6.07) is 15.5. The highest BCUT2D eigenvalue weighted by atomic mass is 19.2. The Kier molecular flexibility index (Phi) is 8.33. The molecule has 0 N–H and O–H groups in total. The van der Waals surface area contributed by atoms with E-state index in [9.17, 15) is 8.78 Å². The molecule has 0 atom stereocenters. The van der Waals surface area contributed by atoms with Crippen molar-refractivity contribution in [1.82, 2.24) is 0 Å². The molecular formula is C31H33F3O. The lowest BCUT2D eigenvalue weighted by Crippen LogP contribution is -2.14. The Morgan fingerprint density at radius 3 is 2.20 bits per heavy atom. The lowest BCUT2D eigenvalue weighted by atomic mass is 9.77. The maximum absolute atomic E-state index is 15.1. The maximum atomic E-state index is 15.1. The second-order valence-electron chi connectivity index (χ2n) is 9.49. The maximum Gasteiger partial charge on any atom is 0.201 e. The molecule has 35 heavy (non-hydrogen) atoms. The third-order valence-corrected chi connectivity index (χ3v) is 7.10. The first kappa shape index (κ1) is 25.1. The zero-order chi connectivity index (χ0) is 24.8. The Morgan fingerprint density at radius 2 is 1.54 bits per heavy atom. The lowest BCUT2D eigenvalue weighted by molar-refractivity contribution is 0.295. The predicted octanol–water partition coefficient (Wildman–Crippen LogP) is 9.47. The first-order chi connectivity index (χ1) is 17.0. The van der Waals surface area contributed by atoms with Gasteiger partial charge >= 0.3 is 0 Å². The zero-order valence-electron chi connectivity index (χ0n) is 20.3. The van der Waals surface area contributed by atoms with Gasteiger partial charge < -0.3 is 4.74 Å². The van der Waals surface area contributed by atoms with E-state index in [4.69, 9.17) is 4.74 Å². The van der Waals surface area contributed by atoms with Crippen molar-refractivity contribution >= 4 is 0 Å². The van der Waals surface area contributed by atoms with Crippen LogP contribution in [0.25, 0.3) is 22.3 Å². The van der Waals surface area contributed by atoms with E-state index in [0.29, 0.717) is 18.6 Å². The van der Waals surface area contributed by atoms with Crippen LogP contribution in [0.5, 0.6) is 5.75 Å². The van der Waals surface area contributed by atoms with Gasteiger partial charge in [-0.3, -0.25) is 0 Å². The summed E-state index contributed by atoms with van der Waals surface area (Å²) in [7, 11) is 0. The first-order valence-corrected chi connectivity index (χ1v) is 12.6. The van der Waals surface area contributed by atoms with Gasteiger partial charge in [0.05, 0.1) is 6.61 Å². The van der Waals surface area contributed by atoms with Crippen LogP contribution in [0.15, 0.2) is 67.3 Å². The molecule has 0 saturated heterocycles. The molecule has 1 aliphatic rings. The van der Waals surface area contributed by atoms with E-state index in [0.717, 1.165) is 54.7 Å². The first-order valence-electron chi connectivity index (χ1n) is 12.6. The molecule has 0 amide bonds. The fourth-order valence-electron chi connectivity index (χ4n) is 5.07. The van der Waals surface area contributed by atoms with Crippen LogP contribution in [0, 0.1) is 23.4 Å². The highest BCUT2D eigenvalue weighted by molar-refractivity contribution is 5.71. The van der Waals surface area contributed by atoms with E-state index in [2.05, 4.69) is 6.58 Å². The molecule has 0 heterocycles. The van der Waals surface area contributed by atoms with E-state index >= 15 is 4.39 Å². The summed E-state index contributed by atoms with van der Waals surface area (Å²) in [6.45, 7) is 6.04. The highest BCUT2D eigenvalue weighted by Crippen LogP contribution is 2.39. The lowest BCUT2D eigenvalue weighted by Gasteiger charge is -2.29. The quantitative estimate of drug-likeness (QED) is 0.278. The summed E-state index contributed by atoms with van der Waals surface area (Å²) in [6.07, 6.45) is 9.26. The van der Waals surface area contributed by atoms with Gasteiger partial charge in [-0.15, -0.1) is 6.58 Å². The number of halogens is 3. The molecule has 1 saturated carbocycles. The SMILES string of the molecule is C=CCCC1CCC(c2ccc(-c3ccc(-c4ccc(OCCC)c(F)c4F)cc3)cc2F)CC1. The van der Waals surface area contributed by atoms with Gasteiger partial charge in [0.1, 0.15) is 5.82 Å². The van der Waals surface area contributed by atoms with Crippen molar-refractivity contribution in [3.05, 3.63) is 90.3 Å². The minimum Gasteiger partial charge on any atom is -0.490 e. The average Bonchev–Trinajstić information content (AvgIpc) is 2.89. The van der Waals surface area contributed by atoms with Gasteiger partial charge in [-0.25, -0.2) is 8.78 Å². The molecule has 4 rings (SSSR count). The van der Waals surface area contributed by atoms with Crippen LogP contribution in [0.4, 0.5) is 13.2 Å². The van der Waals surface area contributed by atoms with Crippen molar-refractivity contribution in [2.75, 3.05) is 6.61 Å². The predicted molar refractivity (Wildman–Crippen MR) is 137 cm³/mol. The number of hydrogen-bond acceptors (Lipinski definition) is 1. The van der Waals surface area contributed by atoms with E-state index in [1.54, 1.807) is 18.2 Å². The van der Waals surface area contributed by atoms with Crippen LogP contribution >= 0.6 is 0 Å². The summed E-state index contributed by atoms with van der Waals surface area (Å²) in [4.78, 5) is 0. The van der Waals surface area contributed by atoms with Gasteiger partial charge in [0.25, 0.3) is 0 Å². The molecule has 0 bridgehead atoms. The molecule has 0 aliphatic heterocycles. The van der Waals surface area contributed by atoms with Gasteiger partial charge in [-0.05, 0) is 97.2 Å². The summed E-state index contributed by atoms with van der Waals surface area (Å²) in [5, 5.41) is 0. The summed E-state index contributed by atoms with van der Waals surface area (Å²) in [5.41, 5.74) is 3.12. The smallest absolute Gasteiger partial charge is 0.201 e. The second-order valence-corrected chi connectivity index (χ2v) is 9.49. The molecule has 1 nitrogen and oxygen atoms in total. The molecule has 0 spiro atoms. The van der Waals surface area contributed by atoms with Crippen LogP contribution in [0.3, 0.4) is 0 Å². The van der Waals surface area contributed by atoms with Crippen molar-refractivity contribution in [2.24, 2.45) is 5.92 Å². The topological polar surface area (TPSA) is 9.23 Å². The van der Waals surface area contributed by atoms with Gasteiger partial charge in [-0.2, -0.15) is 4.39 Å². The van der Waals surface area contributed by atoms with E-state index < -0.39 is 11.6 Å². The summed E-state index contributed by atoms with van der Waals surface area (Å²) in [5.74, 6) is -1.16. The molecule has 3 aromatic carbocycles. The van der Waals surface area contributed by atoms with Crippen molar-refractivity contribution in [3.8, 4) is 28.0 Å². The Labute approximate surface area is 206 Å². The number of benzene rings is 3. The number of ether oxygens (including phenoxy) is 1. The molecule has 3 aromatic rings. The van der Waals surface area contributed by atoms with Gasteiger partial charge in [0, 0.05) is 5.56 Å². The number of allylic oxidation sites excluding steroid dienone is 1. The fourth-order valence-corrected chi connectivity index (χ4v) is 5.07. The van der Waals surface area contributed by atoms with Crippen LogP contribution in [0.1, 0.15) is 63.4 Å². The monoisotopic (exact) mass is 478 g/mol. The van der Waals surface area contributed by atoms with E-state index in [1.165, 1.54) is 18.6 Å². The number of hydrogen-bond donors (Lipinski definition) is 0. The van der Waals surface area contributed by atoms with Gasteiger partial charge in [0.2, 0.25) is 5.82 Å². The van der Waals surface area contributed by atoms with Crippen LogP contribution in [0.2, 0.25) is 0 Å². The molecule has 184 valence electrons. The van der Waals surface area contributed by atoms with E-state index in [-0.39, 0.29) is 23.0 Å². The molecule has 4 heteroatoms. The molecule has 0 unspecified atom stereocenters.